The van der Waals surface area contributed by atoms with Crippen molar-refractivity contribution in [1.29, 1.82) is 0 Å². The van der Waals surface area contributed by atoms with Crippen LogP contribution in [0.2, 0.25) is 0 Å². The predicted octanol–water partition coefficient (Wildman–Crippen LogP) is 2.51. The molecular formula is C24H20FN7O3. The van der Waals surface area contributed by atoms with Gasteiger partial charge in [0.1, 0.15) is 17.4 Å². The van der Waals surface area contributed by atoms with Crippen molar-refractivity contribution >= 4 is 17.6 Å². The van der Waals surface area contributed by atoms with Crippen LogP contribution < -0.4 is 15.8 Å². The number of aromatic nitrogens is 5. The third-order valence-corrected chi connectivity index (χ3v) is 5.62. The van der Waals surface area contributed by atoms with Crippen LogP contribution in [-0.4, -0.2) is 43.4 Å². The van der Waals surface area contributed by atoms with Gasteiger partial charge in [0.15, 0.2) is 6.61 Å². The second-order valence-corrected chi connectivity index (χ2v) is 8.04. The van der Waals surface area contributed by atoms with Gasteiger partial charge in [0.25, 0.3) is 11.9 Å². The minimum atomic E-state index is -0.580. The lowest BCUT2D eigenvalue weighted by atomic mass is 9.86. The van der Waals surface area contributed by atoms with Gasteiger partial charge in [-0.15, -0.1) is 5.10 Å². The number of halogens is 1. The Kier molecular flexibility index (Phi) is 5.65. The fourth-order valence-corrected chi connectivity index (χ4v) is 4.10. The lowest BCUT2D eigenvalue weighted by Crippen LogP contribution is -2.25. The second-order valence-electron chi connectivity index (χ2n) is 8.04. The van der Waals surface area contributed by atoms with Gasteiger partial charge < -0.3 is 15.8 Å². The van der Waals surface area contributed by atoms with Crippen molar-refractivity contribution in [1.82, 2.24) is 25.0 Å². The van der Waals surface area contributed by atoms with Crippen LogP contribution in [0.4, 0.5) is 10.2 Å². The summed E-state index contributed by atoms with van der Waals surface area (Å²) < 4.78 is 20.2. The van der Waals surface area contributed by atoms with Crippen LogP contribution in [0, 0.1) is 12.7 Å². The Morgan fingerprint density at radius 3 is 2.83 bits per heavy atom. The number of nitrogens with two attached hydrogens (primary N) is 1. The van der Waals surface area contributed by atoms with E-state index in [1.165, 1.54) is 23.0 Å². The molecule has 0 saturated heterocycles. The number of benzene rings is 2. The molecule has 2 amide bonds. The van der Waals surface area contributed by atoms with Crippen LogP contribution in [-0.2, 0) is 9.59 Å². The van der Waals surface area contributed by atoms with Crippen LogP contribution in [0.15, 0.2) is 54.7 Å². The molecule has 0 spiro atoms. The maximum absolute atomic E-state index is 13.3. The molecule has 0 aliphatic carbocycles. The van der Waals surface area contributed by atoms with Gasteiger partial charge >= 0.3 is 0 Å². The van der Waals surface area contributed by atoms with E-state index in [0.29, 0.717) is 28.5 Å². The summed E-state index contributed by atoms with van der Waals surface area (Å²) >= 11 is 0. The average molecular weight is 473 g/mol. The Bertz CT molecular complexity index is 1440. The quantitative estimate of drug-likeness (QED) is 0.439. The van der Waals surface area contributed by atoms with E-state index in [1.807, 2.05) is 13.0 Å². The van der Waals surface area contributed by atoms with Crippen molar-refractivity contribution in [3.8, 4) is 23.0 Å². The van der Waals surface area contributed by atoms with Crippen LogP contribution in [0.1, 0.15) is 29.2 Å². The molecule has 5 rings (SSSR count). The van der Waals surface area contributed by atoms with E-state index in [-0.39, 0.29) is 36.6 Å². The number of ether oxygens (including phenoxy) is 1. The van der Waals surface area contributed by atoms with Crippen molar-refractivity contribution in [3.05, 3.63) is 77.4 Å². The first-order valence-corrected chi connectivity index (χ1v) is 10.8. The third-order valence-electron chi connectivity index (χ3n) is 5.62. The maximum Gasteiger partial charge on any atom is 0.272 e. The number of amides is 2. The van der Waals surface area contributed by atoms with Gasteiger partial charge in [0.05, 0.1) is 17.6 Å². The van der Waals surface area contributed by atoms with Crippen molar-refractivity contribution < 1.29 is 18.7 Å². The number of hydrogen-bond donors (Lipinski definition) is 2. The summed E-state index contributed by atoms with van der Waals surface area (Å²) in [6, 6.07) is 13.0. The van der Waals surface area contributed by atoms with Gasteiger partial charge in [-0.1, -0.05) is 12.1 Å². The monoisotopic (exact) mass is 473 g/mol. The lowest BCUT2D eigenvalue weighted by molar-refractivity contribution is -0.120. The molecule has 3 N–H and O–H groups in total. The standard InChI is InChI=1S/C24H20FN7O3/c1-13-22-18(15-3-2-4-17(9-15)35-12-20(26)33)10-21(34)29-23(22)32(31-13)24-28-19(11-27-30-24)14-5-7-16(25)8-6-14/h2-9,11,18H,10,12H2,1H3,(H2,26,33)(H,29,34). The molecule has 2 aromatic heterocycles. The molecule has 2 aromatic carbocycles. The van der Waals surface area contributed by atoms with E-state index in [9.17, 15) is 14.0 Å². The number of fused-ring (bicyclic) bond motifs is 1. The first-order valence-electron chi connectivity index (χ1n) is 10.8. The molecule has 11 heteroatoms. The van der Waals surface area contributed by atoms with Crippen molar-refractivity contribution in [2.45, 2.75) is 19.3 Å². The molecule has 176 valence electrons. The van der Waals surface area contributed by atoms with Crippen LogP contribution in [0.3, 0.4) is 0 Å². The summed E-state index contributed by atoms with van der Waals surface area (Å²) in [6.45, 7) is 1.59. The Hall–Kier alpha value is -4.67. The normalized spacial score (nSPS) is 14.8. The van der Waals surface area contributed by atoms with Crippen molar-refractivity contribution in [2.24, 2.45) is 5.73 Å². The van der Waals surface area contributed by atoms with Crippen molar-refractivity contribution in [3.63, 3.8) is 0 Å². The Morgan fingerprint density at radius 2 is 2.06 bits per heavy atom. The first kappa shape index (κ1) is 22.1. The summed E-state index contributed by atoms with van der Waals surface area (Å²) in [5.41, 5.74) is 8.64. The Labute approximate surface area is 199 Å². The maximum atomic E-state index is 13.3. The van der Waals surface area contributed by atoms with Gasteiger partial charge in [0, 0.05) is 23.5 Å². The largest absolute Gasteiger partial charge is 0.484 e. The van der Waals surface area contributed by atoms with Crippen molar-refractivity contribution in [2.75, 3.05) is 11.9 Å². The van der Waals surface area contributed by atoms with Crippen LogP contribution >= 0.6 is 0 Å². The van der Waals surface area contributed by atoms with E-state index in [4.69, 9.17) is 10.5 Å². The molecule has 4 aromatic rings. The fraction of sp³-hybridized carbons (Fsp3) is 0.167. The summed E-state index contributed by atoms with van der Waals surface area (Å²) in [7, 11) is 0. The number of primary amides is 1. The summed E-state index contributed by atoms with van der Waals surface area (Å²) in [4.78, 5) is 28.3. The zero-order valence-electron chi connectivity index (χ0n) is 18.6. The predicted molar refractivity (Wildman–Crippen MR) is 123 cm³/mol. The molecule has 1 unspecified atom stereocenters. The summed E-state index contributed by atoms with van der Waals surface area (Å²) in [5.74, 6) is -0.360. The van der Waals surface area contributed by atoms with Gasteiger partial charge in [0.2, 0.25) is 5.91 Å². The van der Waals surface area contributed by atoms with E-state index in [1.54, 1.807) is 30.3 Å². The zero-order chi connectivity index (χ0) is 24.5. The molecule has 0 radical (unpaired) electrons. The van der Waals surface area contributed by atoms with Gasteiger partial charge in [-0.2, -0.15) is 14.9 Å². The summed E-state index contributed by atoms with van der Waals surface area (Å²) in [5, 5.41) is 15.6. The fourth-order valence-electron chi connectivity index (χ4n) is 4.10. The first-order chi connectivity index (χ1) is 16.9. The second kappa shape index (κ2) is 8.93. The molecule has 3 heterocycles. The Morgan fingerprint density at radius 1 is 1.26 bits per heavy atom. The number of carbonyl (C=O) groups is 2. The number of nitrogens with one attached hydrogen (secondary N) is 1. The van der Waals surface area contributed by atoms with E-state index in [2.05, 4.69) is 25.6 Å². The summed E-state index contributed by atoms with van der Waals surface area (Å²) in [6.07, 6.45) is 1.67. The van der Waals surface area contributed by atoms with Gasteiger partial charge in [-0.05, 0) is 48.9 Å². The highest BCUT2D eigenvalue weighted by atomic mass is 19.1. The molecule has 0 bridgehead atoms. The van der Waals surface area contributed by atoms with Crippen LogP contribution in [0.5, 0.6) is 5.75 Å². The van der Waals surface area contributed by atoms with E-state index >= 15 is 0 Å². The molecular weight excluding hydrogens is 453 g/mol. The lowest BCUT2D eigenvalue weighted by Gasteiger charge is -2.24. The molecule has 0 saturated carbocycles. The van der Waals surface area contributed by atoms with Gasteiger partial charge in [-0.25, -0.2) is 9.37 Å². The molecule has 1 atom stereocenters. The zero-order valence-corrected chi connectivity index (χ0v) is 18.6. The molecule has 0 fully saturated rings. The molecule has 10 nitrogen and oxygen atoms in total. The molecule has 35 heavy (non-hydrogen) atoms. The van der Waals surface area contributed by atoms with E-state index in [0.717, 1.165) is 11.1 Å². The number of aryl methyl sites for hydroxylation is 1. The van der Waals surface area contributed by atoms with E-state index < -0.39 is 5.91 Å². The minimum absolute atomic E-state index is 0.163. The Balaban J connectivity index is 1.54. The minimum Gasteiger partial charge on any atom is -0.484 e. The SMILES string of the molecule is Cc1nn(-c2nncc(-c3ccc(F)cc3)n2)c2c1C(c1cccc(OCC(N)=O)c1)CC(=O)N2. The third kappa shape index (κ3) is 4.43. The highest BCUT2D eigenvalue weighted by Gasteiger charge is 2.33. The number of anilines is 1. The molecule has 1 aliphatic heterocycles. The smallest absolute Gasteiger partial charge is 0.272 e. The number of rotatable bonds is 6. The van der Waals surface area contributed by atoms with Gasteiger partial charge in [-0.3, -0.25) is 9.59 Å². The highest BCUT2D eigenvalue weighted by molar-refractivity contribution is 5.95. The average Bonchev–Trinajstić information content (AvgIpc) is 3.19. The highest BCUT2D eigenvalue weighted by Crippen LogP contribution is 2.40. The number of nitrogens with zero attached hydrogens (tertiary/aromatic N) is 5. The molecule has 1 aliphatic rings. The topological polar surface area (TPSA) is 138 Å². The number of carbonyl (C=O) groups excluding carboxylic acids is 2. The number of hydrogen-bond acceptors (Lipinski definition) is 7. The van der Waals surface area contributed by atoms with Crippen LogP contribution in [0.25, 0.3) is 17.2 Å².